The van der Waals surface area contributed by atoms with Crippen molar-refractivity contribution in [3.63, 3.8) is 0 Å². The largest absolute Gasteiger partial charge is 0.333 e. The van der Waals surface area contributed by atoms with E-state index in [4.69, 9.17) is 4.52 Å². The van der Waals surface area contributed by atoms with Crippen molar-refractivity contribution in [3.05, 3.63) is 65.3 Å². The number of rotatable bonds is 4. The first-order valence-electron chi connectivity index (χ1n) is 8.50. The number of nitrogens with one attached hydrogen (secondary N) is 1. The van der Waals surface area contributed by atoms with Crippen molar-refractivity contribution < 1.29 is 9.32 Å². The Morgan fingerprint density at radius 3 is 2.85 bits per heavy atom. The van der Waals surface area contributed by atoms with Crippen molar-refractivity contribution in [2.24, 2.45) is 0 Å². The fraction of sp³-hybridized carbons (Fsp3) is 0.150. The number of carbonyl (C=O) groups is 1. The van der Waals surface area contributed by atoms with Gasteiger partial charge in [-0.3, -0.25) is 4.79 Å². The van der Waals surface area contributed by atoms with Crippen molar-refractivity contribution in [1.29, 1.82) is 0 Å². The number of fused-ring (bicyclic) bond motifs is 1. The second-order valence-corrected chi connectivity index (χ2v) is 7.29. The number of hydrogen-bond acceptors (Lipinski definition) is 5. The van der Waals surface area contributed by atoms with Gasteiger partial charge in [-0.25, -0.2) is 0 Å². The predicted molar refractivity (Wildman–Crippen MR) is 101 cm³/mol. The van der Waals surface area contributed by atoms with E-state index < -0.39 is 0 Å². The van der Waals surface area contributed by atoms with Crippen LogP contribution in [0.4, 0.5) is 5.69 Å². The first-order valence-corrected chi connectivity index (χ1v) is 9.38. The molecule has 1 aliphatic carbocycles. The van der Waals surface area contributed by atoms with Crippen LogP contribution < -0.4 is 5.32 Å². The van der Waals surface area contributed by atoms with Crippen LogP contribution in [0, 0.1) is 0 Å². The molecule has 5 nitrogen and oxygen atoms in total. The predicted octanol–water partition coefficient (Wildman–Crippen LogP) is 5.08. The highest BCUT2D eigenvalue weighted by molar-refractivity contribution is 7.14. The van der Waals surface area contributed by atoms with Gasteiger partial charge in [0, 0.05) is 11.5 Å². The molecule has 1 saturated carbocycles. The fourth-order valence-corrected chi connectivity index (χ4v) is 3.79. The van der Waals surface area contributed by atoms with Crippen LogP contribution in [-0.4, -0.2) is 16.0 Å². The maximum atomic E-state index is 12.9. The molecule has 0 atom stereocenters. The minimum Gasteiger partial charge on any atom is -0.333 e. The lowest BCUT2D eigenvalue weighted by atomic mass is 10.0. The summed E-state index contributed by atoms with van der Waals surface area (Å²) in [5, 5.41) is 10.9. The molecule has 6 heteroatoms. The number of amides is 1. The van der Waals surface area contributed by atoms with Gasteiger partial charge in [-0.15, -0.1) is 11.3 Å². The Labute approximate surface area is 153 Å². The second-order valence-electron chi connectivity index (χ2n) is 6.38. The van der Waals surface area contributed by atoms with Gasteiger partial charge >= 0.3 is 0 Å². The number of benzene rings is 2. The van der Waals surface area contributed by atoms with Crippen LogP contribution in [0.3, 0.4) is 0 Å². The standard InChI is InChI=1S/C20H15N3O2S/c24-19(15-7-3-5-12-4-1-2-6-14(12)15)21-16-10-11-26-17(16)20-22-18(23-25-20)13-8-9-13/h1-7,10-11,13H,8-9H2,(H,21,24). The van der Waals surface area contributed by atoms with Crippen LogP contribution in [0.25, 0.3) is 21.5 Å². The van der Waals surface area contributed by atoms with Crippen molar-refractivity contribution in [3.8, 4) is 10.8 Å². The third-order valence-corrected chi connectivity index (χ3v) is 5.43. The Morgan fingerprint density at radius 1 is 1.12 bits per heavy atom. The summed E-state index contributed by atoms with van der Waals surface area (Å²) in [6.07, 6.45) is 2.24. The number of carbonyl (C=O) groups excluding carboxylic acids is 1. The van der Waals surface area contributed by atoms with Crippen molar-refractivity contribution in [2.45, 2.75) is 18.8 Å². The van der Waals surface area contributed by atoms with E-state index in [9.17, 15) is 4.79 Å². The lowest BCUT2D eigenvalue weighted by Crippen LogP contribution is -2.12. The lowest BCUT2D eigenvalue weighted by Gasteiger charge is -2.08. The van der Waals surface area contributed by atoms with Gasteiger partial charge < -0.3 is 9.84 Å². The van der Waals surface area contributed by atoms with Gasteiger partial charge in [0.2, 0.25) is 0 Å². The summed E-state index contributed by atoms with van der Waals surface area (Å²) in [6.45, 7) is 0. The zero-order valence-corrected chi connectivity index (χ0v) is 14.6. The van der Waals surface area contributed by atoms with Gasteiger partial charge in [-0.05, 0) is 41.1 Å². The maximum absolute atomic E-state index is 12.9. The second kappa shape index (κ2) is 6.07. The van der Waals surface area contributed by atoms with E-state index >= 15 is 0 Å². The molecule has 0 radical (unpaired) electrons. The molecular weight excluding hydrogens is 346 g/mol. The van der Waals surface area contributed by atoms with E-state index in [0.717, 1.165) is 34.3 Å². The molecular formula is C20H15N3O2S. The average molecular weight is 361 g/mol. The zero-order chi connectivity index (χ0) is 17.5. The van der Waals surface area contributed by atoms with Crippen LogP contribution in [0.2, 0.25) is 0 Å². The van der Waals surface area contributed by atoms with Crippen LogP contribution in [-0.2, 0) is 0 Å². The van der Waals surface area contributed by atoms with Crippen LogP contribution in [0.15, 0.2) is 58.4 Å². The van der Waals surface area contributed by atoms with Crippen LogP contribution in [0.1, 0.15) is 34.9 Å². The van der Waals surface area contributed by atoms with Gasteiger partial charge in [0.05, 0.1) is 5.69 Å². The Morgan fingerprint density at radius 2 is 1.96 bits per heavy atom. The van der Waals surface area contributed by atoms with Gasteiger partial charge in [-0.2, -0.15) is 4.98 Å². The minimum absolute atomic E-state index is 0.150. The van der Waals surface area contributed by atoms with Crippen molar-refractivity contribution in [1.82, 2.24) is 10.1 Å². The van der Waals surface area contributed by atoms with E-state index in [-0.39, 0.29) is 5.91 Å². The first-order chi connectivity index (χ1) is 12.8. The summed E-state index contributed by atoms with van der Waals surface area (Å²) in [7, 11) is 0. The molecule has 0 spiro atoms. The maximum Gasteiger partial charge on any atom is 0.270 e. The molecule has 0 bridgehead atoms. The summed E-state index contributed by atoms with van der Waals surface area (Å²) in [6, 6.07) is 15.5. The average Bonchev–Trinajstić information content (AvgIpc) is 3.22. The first kappa shape index (κ1) is 15.3. The zero-order valence-electron chi connectivity index (χ0n) is 13.8. The van der Waals surface area contributed by atoms with Gasteiger partial charge in [0.25, 0.3) is 11.8 Å². The number of thiophene rings is 1. The highest BCUT2D eigenvalue weighted by Crippen LogP contribution is 2.40. The molecule has 0 saturated heterocycles. The third-order valence-electron chi connectivity index (χ3n) is 4.53. The Bertz CT molecular complexity index is 1110. The molecule has 1 amide bonds. The summed E-state index contributed by atoms with van der Waals surface area (Å²) in [4.78, 5) is 18.1. The number of hydrogen-bond donors (Lipinski definition) is 1. The minimum atomic E-state index is -0.150. The third kappa shape index (κ3) is 2.68. The van der Waals surface area contributed by atoms with E-state index in [1.165, 1.54) is 11.3 Å². The molecule has 0 unspecified atom stereocenters. The van der Waals surface area contributed by atoms with E-state index in [0.29, 0.717) is 23.1 Å². The number of nitrogens with zero attached hydrogens (tertiary/aromatic N) is 2. The molecule has 2 heterocycles. The summed E-state index contributed by atoms with van der Waals surface area (Å²) < 4.78 is 5.41. The molecule has 5 rings (SSSR count). The molecule has 26 heavy (non-hydrogen) atoms. The molecule has 2 aromatic carbocycles. The summed E-state index contributed by atoms with van der Waals surface area (Å²) >= 11 is 1.48. The van der Waals surface area contributed by atoms with Gasteiger partial charge in [-0.1, -0.05) is 41.6 Å². The molecule has 1 fully saturated rings. The Hall–Kier alpha value is -2.99. The molecule has 128 valence electrons. The molecule has 0 aliphatic heterocycles. The fourth-order valence-electron chi connectivity index (χ4n) is 3.02. The summed E-state index contributed by atoms with van der Waals surface area (Å²) in [5.74, 6) is 1.51. The van der Waals surface area contributed by atoms with Crippen molar-refractivity contribution in [2.75, 3.05) is 5.32 Å². The lowest BCUT2D eigenvalue weighted by molar-refractivity contribution is 0.102. The quantitative estimate of drug-likeness (QED) is 0.550. The van der Waals surface area contributed by atoms with Crippen LogP contribution >= 0.6 is 11.3 Å². The van der Waals surface area contributed by atoms with Crippen molar-refractivity contribution >= 4 is 33.7 Å². The topological polar surface area (TPSA) is 68.0 Å². The van der Waals surface area contributed by atoms with E-state index in [1.54, 1.807) is 0 Å². The van der Waals surface area contributed by atoms with E-state index in [2.05, 4.69) is 15.5 Å². The number of anilines is 1. The molecule has 1 N–H and O–H groups in total. The highest BCUT2D eigenvalue weighted by atomic mass is 32.1. The molecule has 2 aromatic heterocycles. The van der Waals surface area contributed by atoms with Crippen LogP contribution in [0.5, 0.6) is 0 Å². The molecule has 1 aliphatic rings. The summed E-state index contributed by atoms with van der Waals surface area (Å²) in [5.41, 5.74) is 1.34. The van der Waals surface area contributed by atoms with Gasteiger partial charge in [0.15, 0.2) is 5.82 Å². The number of aromatic nitrogens is 2. The van der Waals surface area contributed by atoms with E-state index in [1.807, 2.05) is 53.9 Å². The normalized spacial score (nSPS) is 13.8. The Kier molecular flexibility index (Phi) is 3.57. The highest BCUT2D eigenvalue weighted by Gasteiger charge is 2.29. The SMILES string of the molecule is O=C(Nc1ccsc1-c1nc(C2CC2)no1)c1cccc2ccccc12. The monoisotopic (exact) mass is 361 g/mol. The Balaban J connectivity index is 1.46. The molecule has 4 aromatic rings. The van der Waals surface area contributed by atoms with Gasteiger partial charge in [0.1, 0.15) is 4.88 Å². The smallest absolute Gasteiger partial charge is 0.270 e.